The van der Waals surface area contributed by atoms with Crippen molar-refractivity contribution in [2.45, 2.75) is 11.8 Å². The normalized spacial score (nSPS) is 10.8. The predicted octanol–water partition coefficient (Wildman–Crippen LogP) is 3.71. The van der Waals surface area contributed by atoms with E-state index in [1.807, 2.05) is 6.92 Å². The molecule has 1 N–H and O–H groups in total. The molecule has 0 unspecified atom stereocenters. The van der Waals surface area contributed by atoms with Crippen molar-refractivity contribution in [1.29, 1.82) is 0 Å². The number of anilines is 2. The summed E-state index contributed by atoms with van der Waals surface area (Å²) in [5.41, 5.74) is 0.906. The van der Waals surface area contributed by atoms with Crippen LogP contribution in [0.5, 0.6) is 5.75 Å². The Kier molecular flexibility index (Phi) is 7.68. The van der Waals surface area contributed by atoms with Gasteiger partial charge in [0.2, 0.25) is 5.91 Å². The number of sulfonamides is 1. The molecule has 0 fully saturated rings. The lowest BCUT2D eigenvalue weighted by Gasteiger charge is -2.24. The van der Waals surface area contributed by atoms with Crippen LogP contribution >= 0.6 is 0 Å². The van der Waals surface area contributed by atoms with Crippen LogP contribution in [0.15, 0.2) is 83.8 Å². The number of hydrogen-bond donors (Lipinski definition) is 1. The smallest absolute Gasteiger partial charge is 0.337 e. The SMILES string of the molecule is CCOc1ccc(N(CC(=O)Nc2cccc(C(=O)OC)c2)S(=O)(=O)c2ccccc2)cc1. The fourth-order valence-electron chi connectivity index (χ4n) is 3.08. The van der Waals surface area contributed by atoms with Crippen molar-refractivity contribution in [3.8, 4) is 5.75 Å². The Morgan fingerprint density at radius 1 is 0.939 bits per heavy atom. The summed E-state index contributed by atoms with van der Waals surface area (Å²) < 4.78 is 37.9. The van der Waals surface area contributed by atoms with Gasteiger partial charge in [0.15, 0.2) is 0 Å². The molecule has 0 saturated carbocycles. The predicted molar refractivity (Wildman–Crippen MR) is 125 cm³/mol. The molecule has 0 atom stereocenters. The molecule has 0 saturated heterocycles. The van der Waals surface area contributed by atoms with Crippen LogP contribution in [-0.4, -0.2) is 40.6 Å². The molecule has 0 bridgehead atoms. The van der Waals surface area contributed by atoms with Crippen molar-refractivity contribution < 1.29 is 27.5 Å². The summed E-state index contributed by atoms with van der Waals surface area (Å²) in [5.74, 6) is -0.540. The van der Waals surface area contributed by atoms with E-state index in [4.69, 9.17) is 4.74 Å². The van der Waals surface area contributed by atoms with Crippen molar-refractivity contribution in [1.82, 2.24) is 0 Å². The minimum Gasteiger partial charge on any atom is -0.494 e. The van der Waals surface area contributed by atoms with Gasteiger partial charge >= 0.3 is 5.97 Å². The van der Waals surface area contributed by atoms with Gasteiger partial charge in [-0.3, -0.25) is 9.10 Å². The van der Waals surface area contributed by atoms with Gasteiger partial charge in [0, 0.05) is 5.69 Å². The summed E-state index contributed by atoms with van der Waals surface area (Å²) in [6.07, 6.45) is 0. The number of amides is 1. The van der Waals surface area contributed by atoms with Crippen LogP contribution in [0.1, 0.15) is 17.3 Å². The summed E-state index contributed by atoms with van der Waals surface area (Å²) in [4.78, 5) is 24.6. The first kappa shape index (κ1) is 23.8. The van der Waals surface area contributed by atoms with Crippen molar-refractivity contribution in [2.24, 2.45) is 0 Å². The zero-order valence-electron chi connectivity index (χ0n) is 18.2. The number of carbonyl (C=O) groups excluding carboxylic acids is 2. The highest BCUT2D eigenvalue weighted by Gasteiger charge is 2.27. The molecule has 3 aromatic carbocycles. The molecule has 8 nitrogen and oxygen atoms in total. The van der Waals surface area contributed by atoms with Gasteiger partial charge in [0.1, 0.15) is 12.3 Å². The second kappa shape index (κ2) is 10.6. The van der Waals surface area contributed by atoms with Crippen LogP contribution in [0.25, 0.3) is 0 Å². The van der Waals surface area contributed by atoms with Crippen LogP contribution < -0.4 is 14.4 Å². The monoisotopic (exact) mass is 468 g/mol. The Morgan fingerprint density at radius 3 is 2.27 bits per heavy atom. The summed E-state index contributed by atoms with van der Waals surface area (Å²) >= 11 is 0. The number of ether oxygens (including phenoxy) is 2. The Morgan fingerprint density at radius 2 is 1.64 bits per heavy atom. The second-order valence-corrected chi connectivity index (χ2v) is 8.73. The lowest BCUT2D eigenvalue weighted by atomic mass is 10.2. The third kappa shape index (κ3) is 5.89. The van der Waals surface area contributed by atoms with E-state index in [9.17, 15) is 18.0 Å². The largest absolute Gasteiger partial charge is 0.494 e. The molecule has 0 spiro atoms. The summed E-state index contributed by atoms with van der Waals surface area (Å²) in [5, 5.41) is 2.64. The Bertz CT molecular complexity index is 1210. The topological polar surface area (TPSA) is 102 Å². The van der Waals surface area contributed by atoms with Crippen molar-refractivity contribution >= 4 is 33.3 Å². The molecule has 9 heteroatoms. The van der Waals surface area contributed by atoms with Gasteiger partial charge in [-0.1, -0.05) is 24.3 Å². The van der Waals surface area contributed by atoms with Gasteiger partial charge < -0.3 is 14.8 Å². The highest BCUT2D eigenvalue weighted by atomic mass is 32.2. The number of esters is 1. The molecule has 1 amide bonds. The maximum absolute atomic E-state index is 13.4. The maximum atomic E-state index is 13.4. The Balaban J connectivity index is 1.90. The van der Waals surface area contributed by atoms with Crippen LogP contribution in [0, 0.1) is 0 Å². The average molecular weight is 469 g/mol. The van der Waals surface area contributed by atoms with E-state index in [1.165, 1.54) is 25.3 Å². The molecule has 0 heterocycles. The Labute approximate surface area is 192 Å². The zero-order valence-corrected chi connectivity index (χ0v) is 19.0. The van der Waals surface area contributed by atoms with E-state index in [0.29, 0.717) is 23.7 Å². The number of carbonyl (C=O) groups is 2. The van der Waals surface area contributed by atoms with Crippen LogP contribution in [0.3, 0.4) is 0 Å². The highest BCUT2D eigenvalue weighted by molar-refractivity contribution is 7.92. The Hall–Kier alpha value is -3.85. The molecular formula is C24H24N2O6S. The minimum atomic E-state index is -4.03. The average Bonchev–Trinajstić information content (AvgIpc) is 2.83. The molecule has 0 aliphatic rings. The first-order chi connectivity index (χ1) is 15.8. The van der Waals surface area contributed by atoms with Crippen LogP contribution in [0.2, 0.25) is 0 Å². The summed E-state index contributed by atoms with van der Waals surface area (Å²) in [7, 11) is -2.77. The van der Waals surface area contributed by atoms with Gasteiger partial charge in [-0.25, -0.2) is 13.2 Å². The standard InChI is InChI=1S/C24H24N2O6S/c1-3-32-21-14-12-20(13-15-21)26(33(29,30)22-10-5-4-6-11-22)17-23(27)25-19-9-7-8-18(16-19)24(28)31-2/h4-16H,3,17H2,1-2H3,(H,25,27). The highest BCUT2D eigenvalue weighted by Crippen LogP contribution is 2.26. The maximum Gasteiger partial charge on any atom is 0.337 e. The summed E-state index contributed by atoms with van der Waals surface area (Å²) in [6, 6.07) is 20.5. The molecule has 0 radical (unpaired) electrons. The number of rotatable bonds is 9. The second-order valence-electron chi connectivity index (χ2n) is 6.87. The number of nitrogens with zero attached hydrogens (tertiary/aromatic N) is 1. The van der Waals surface area contributed by atoms with E-state index in [0.717, 1.165) is 4.31 Å². The molecule has 0 aliphatic heterocycles. The van der Waals surface area contributed by atoms with Crippen LogP contribution in [-0.2, 0) is 19.6 Å². The number of hydrogen-bond acceptors (Lipinski definition) is 6. The van der Waals surface area contributed by atoms with Gasteiger partial charge in [0.25, 0.3) is 10.0 Å². The molecule has 33 heavy (non-hydrogen) atoms. The fraction of sp³-hybridized carbons (Fsp3) is 0.167. The number of nitrogens with one attached hydrogen (secondary N) is 1. The van der Waals surface area contributed by atoms with E-state index < -0.39 is 28.4 Å². The molecule has 172 valence electrons. The molecular weight excluding hydrogens is 444 g/mol. The molecule has 0 aromatic heterocycles. The molecule has 3 rings (SSSR count). The van der Waals surface area contributed by atoms with Gasteiger partial charge in [0.05, 0.1) is 29.9 Å². The molecule has 3 aromatic rings. The van der Waals surface area contributed by atoms with Crippen molar-refractivity contribution in [3.05, 3.63) is 84.4 Å². The number of benzene rings is 3. The van der Waals surface area contributed by atoms with Gasteiger partial charge in [-0.2, -0.15) is 0 Å². The third-order valence-corrected chi connectivity index (χ3v) is 6.41. The van der Waals surface area contributed by atoms with Crippen LogP contribution in [0.4, 0.5) is 11.4 Å². The number of methoxy groups -OCH3 is 1. The third-order valence-electron chi connectivity index (χ3n) is 4.62. The van der Waals surface area contributed by atoms with E-state index in [2.05, 4.69) is 10.1 Å². The lowest BCUT2D eigenvalue weighted by molar-refractivity contribution is -0.114. The first-order valence-corrected chi connectivity index (χ1v) is 11.6. The lowest BCUT2D eigenvalue weighted by Crippen LogP contribution is -2.38. The minimum absolute atomic E-state index is 0.0550. The van der Waals surface area contributed by atoms with E-state index in [-0.39, 0.29) is 10.5 Å². The van der Waals surface area contributed by atoms with Gasteiger partial charge in [-0.05, 0) is 61.5 Å². The first-order valence-electron chi connectivity index (χ1n) is 10.1. The molecule has 0 aliphatic carbocycles. The van der Waals surface area contributed by atoms with Gasteiger partial charge in [-0.15, -0.1) is 0 Å². The zero-order chi connectivity index (χ0) is 23.8. The summed E-state index contributed by atoms with van der Waals surface area (Å²) in [6.45, 7) is 1.84. The van der Waals surface area contributed by atoms with E-state index in [1.54, 1.807) is 60.7 Å². The van der Waals surface area contributed by atoms with Crippen molar-refractivity contribution in [2.75, 3.05) is 29.9 Å². The quantitative estimate of drug-likeness (QED) is 0.481. The van der Waals surface area contributed by atoms with E-state index >= 15 is 0 Å². The van der Waals surface area contributed by atoms with Crippen molar-refractivity contribution in [3.63, 3.8) is 0 Å². The fourth-order valence-corrected chi connectivity index (χ4v) is 4.52.